The number of hydrogen-bond acceptors (Lipinski definition) is 4. The summed E-state index contributed by atoms with van der Waals surface area (Å²) in [5.74, 6) is -0.737. The standard InChI is InChI=1S/C14H13ClFNO3S/c1-20-13-7-10(17)3-5-14(13)21(18,19)8-9-2-4-12(16)11(15)6-9/h2-7H,8,17H2,1H3. The van der Waals surface area contributed by atoms with Crippen LogP contribution >= 0.6 is 11.6 Å². The molecule has 0 aliphatic heterocycles. The lowest BCUT2D eigenvalue weighted by atomic mass is 10.2. The number of benzene rings is 2. The fourth-order valence-electron chi connectivity index (χ4n) is 1.87. The number of anilines is 1. The molecule has 2 rings (SSSR count). The molecule has 0 amide bonds. The number of rotatable bonds is 4. The molecular weight excluding hydrogens is 317 g/mol. The molecule has 112 valence electrons. The van der Waals surface area contributed by atoms with Gasteiger partial charge in [-0.15, -0.1) is 0 Å². The van der Waals surface area contributed by atoms with Gasteiger partial charge in [0, 0.05) is 11.8 Å². The summed E-state index contributed by atoms with van der Waals surface area (Å²) in [5.41, 5.74) is 6.39. The third kappa shape index (κ3) is 3.46. The molecule has 2 aromatic rings. The molecule has 0 atom stereocenters. The highest BCUT2D eigenvalue weighted by molar-refractivity contribution is 7.90. The average Bonchev–Trinajstić information content (AvgIpc) is 2.42. The minimum atomic E-state index is -3.66. The van der Waals surface area contributed by atoms with Crippen molar-refractivity contribution in [2.45, 2.75) is 10.6 Å². The van der Waals surface area contributed by atoms with Gasteiger partial charge in [0.15, 0.2) is 9.84 Å². The summed E-state index contributed by atoms with van der Waals surface area (Å²) < 4.78 is 43.0. The molecule has 0 aliphatic carbocycles. The molecule has 4 nitrogen and oxygen atoms in total. The van der Waals surface area contributed by atoms with Gasteiger partial charge in [-0.3, -0.25) is 0 Å². The molecule has 0 spiro atoms. The van der Waals surface area contributed by atoms with E-state index in [1.54, 1.807) is 0 Å². The minimum Gasteiger partial charge on any atom is -0.495 e. The Balaban J connectivity index is 2.40. The largest absolute Gasteiger partial charge is 0.495 e. The first kappa shape index (κ1) is 15.6. The molecule has 0 aromatic heterocycles. The van der Waals surface area contributed by atoms with Gasteiger partial charge in [0.1, 0.15) is 16.5 Å². The van der Waals surface area contributed by atoms with E-state index in [4.69, 9.17) is 22.1 Å². The van der Waals surface area contributed by atoms with Crippen LogP contribution in [0, 0.1) is 5.82 Å². The molecule has 7 heteroatoms. The van der Waals surface area contributed by atoms with Crippen LogP contribution in [0.3, 0.4) is 0 Å². The average molecular weight is 330 g/mol. The maximum atomic E-state index is 13.1. The van der Waals surface area contributed by atoms with Crippen LogP contribution in [0.25, 0.3) is 0 Å². The van der Waals surface area contributed by atoms with E-state index in [0.717, 1.165) is 6.07 Å². The van der Waals surface area contributed by atoms with Gasteiger partial charge in [-0.1, -0.05) is 17.7 Å². The second kappa shape index (κ2) is 5.91. The fourth-order valence-corrected chi connectivity index (χ4v) is 3.57. The van der Waals surface area contributed by atoms with Gasteiger partial charge >= 0.3 is 0 Å². The van der Waals surface area contributed by atoms with Gasteiger partial charge in [0.25, 0.3) is 0 Å². The highest BCUT2D eigenvalue weighted by Crippen LogP contribution is 2.29. The maximum absolute atomic E-state index is 13.1. The predicted octanol–water partition coefficient (Wildman–Crippen LogP) is 3.04. The number of nitrogen functional groups attached to an aromatic ring is 1. The first-order valence-electron chi connectivity index (χ1n) is 5.93. The Hall–Kier alpha value is -1.79. The molecule has 2 N–H and O–H groups in total. The zero-order valence-corrected chi connectivity index (χ0v) is 12.7. The fraction of sp³-hybridized carbons (Fsp3) is 0.143. The Morgan fingerprint density at radius 3 is 2.57 bits per heavy atom. The van der Waals surface area contributed by atoms with Gasteiger partial charge in [-0.05, 0) is 29.8 Å². The van der Waals surface area contributed by atoms with Gasteiger partial charge in [0.2, 0.25) is 0 Å². The van der Waals surface area contributed by atoms with E-state index in [2.05, 4.69) is 0 Å². The van der Waals surface area contributed by atoms with Crippen molar-refractivity contribution in [2.75, 3.05) is 12.8 Å². The minimum absolute atomic E-state index is 0.0275. The zero-order chi connectivity index (χ0) is 15.6. The number of methoxy groups -OCH3 is 1. The molecule has 0 bridgehead atoms. The van der Waals surface area contributed by atoms with E-state index in [1.165, 1.54) is 37.4 Å². The summed E-state index contributed by atoms with van der Waals surface area (Å²) in [4.78, 5) is 0.0275. The molecule has 0 saturated heterocycles. The highest BCUT2D eigenvalue weighted by Gasteiger charge is 2.21. The lowest BCUT2D eigenvalue weighted by Gasteiger charge is -2.10. The molecule has 0 fully saturated rings. The van der Waals surface area contributed by atoms with Crippen molar-refractivity contribution in [3.63, 3.8) is 0 Å². The SMILES string of the molecule is COc1cc(N)ccc1S(=O)(=O)Cc1ccc(F)c(Cl)c1. The summed E-state index contributed by atoms with van der Waals surface area (Å²) >= 11 is 5.66. The molecule has 0 radical (unpaired) electrons. The van der Waals surface area contributed by atoms with Crippen LogP contribution in [0.15, 0.2) is 41.3 Å². The van der Waals surface area contributed by atoms with Crippen LogP contribution in [-0.2, 0) is 15.6 Å². The lowest BCUT2D eigenvalue weighted by molar-refractivity contribution is 0.403. The van der Waals surface area contributed by atoms with E-state index in [9.17, 15) is 12.8 Å². The van der Waals surface area contributed by atoms with Crippen molar-refractivity contribution >= 4 is 27.1 Å². The molecule has 21 heavy (non-hydrogen) atoms. The predicted molar refractivity (Wildman–Crippen MR) is 79.7 cm³/mol. The maximum Gasteiger partial charge on any atom is 0.186 e. The van der Waals surface area contributed by atoms with Crippen LogP contribution in [0.1, 0.15) is 5.56 Å². The number of hydrogen-bond donors (Lipinski definition) is 1. The zero-order valence-electron chi connectivity index (χ0n) is 11.1. The summed E-state index contributed by atoms with van der Waals surface area (Å²) in [6.07, 6.45) is 0. The normalized spacial score (nSPS) is 11.4. The monoisotopic (exact) mass is 329 g/mol. The number of ether oxygens (including phenoxy) is 1. The quantitative estimate of drug-likeness (QED) is 0.875. The molecule has 0 unspecified atom stereocenters. The van der Waals surface area contributed by atoms with Gasteiger partial charge in [0.05, 0.1) is 17.9 Å². The topological polar surface area (TPSA) is 69.4 Å². The van der Waals surface area contributed by atoms with Crippen LogP contribution in [0.4, 0.5) is 10.1 Å². The van der Waals surface area contributed by atoms with E-state index in [0.29, 0.717) is 11.3 Å². The van der Waals surface area contributed by atoms with E-state index < -0.39 is 15.7 Å². The van der Waals surface area contributed by atoms with Crippen LogP contribution in [-0.4, -0.2) is 15.5 Å². The van der Waals surface area contributed by atoms with Crippen LogP contribution < -0.4 is 10.5 Å². The molecule has 0 saturated carbocycles. The smallest absolute Gasteiger partial charge is 0.186 e. The molecule has 0 heterocycles. The molecule has 0 aliphatic rings. The van der Waals surface area contributed by atoms with Crippen LogP contribution in [0.2, 0.25) is 5.02 Å². The van der Waals surface area contributed by atoms with E-state index in [1.807, 2.05) is 0 Å². The second-order valence-electron chi connectivity index (χ2n) is 4.42. The first-order valence-corrected chi connectivity index (χ1v) is 7.96. The van der Waals surface area contributed by atoms with Crippen molar-refractivity contribution in [1.82, 2.24) is 0 Å². The third-order valence-electron chi connectivity index (χ3n) is 2.86. The van der Waals surface area contributed by atoms with Crippen molar-refractivity contribution in [3.05, 3.63) is 52.8 Å². The van der Waals surface area contributed by atoms with Crippen LogP contribution in [0.5, 0.6) is 5.75 Å². The Morgan fingerprint density at radius 1 is 1.24 bits per heavy atom. The number of sulfone groups is 1. The van der Waals surface area contributed by atoms with Gasteiger partial charge in [-0.2, -0.15) is 0 Å². The first-order chi connectivity index (χ1) is 9.83. The second-order valence-corrected chi connectivity index (χ2v) is 6.78. The van der Waals surface area contributed by atoms with Crippen molar-refractivity contribution in [1.29, 1.82) is 0 Å². The lowest BCUT2D eigenvalue weighted by Crippen LogP contribution is -2.07. The summed E-state index contributed by atoms with van der Waals surface area (Å²) in [6.45, 7) is 0. The summed E-state index contributed by atoms with van der Waals surface area (Å²) in [7, 11) is -2.30. The Bertz CT molecular complexity index is 778. The highest BCUT2D eigenvalue weighted by atomic mass is 35.5. The summed E-state index contributed by atoms with van der Waals surface area (Å²) in [5, 5.41) is -0.119. The summed E-state index contributed by atoms with van der Waals surface area (Å²) in [6, 6.07) is 8.10. The third-order valence-corrected chi connectivity index (χ3v) is 4.87. The van der Waals surface area contributed by atoms with Gasteiger partial charge in [-0.25, -0.2) is 12.8 Å². The number of nitrogens with two attached hydrogens (primary N) is 1. The van der Waals surface area contributed by atoms with Gasteiger partial charge < -0.3 is 10.5 Å². The number of halogens is 2. The van der Waals surface area contributed by atoms with E-state index >= 15 is 0 Å². The van der Waals surface area contributed by atoms with E-state index in [-0.39, 0.29) is 21.4 Å². The van der Waals surface area contributed by atoms with Crippen molar-refractivity contribution < 1.29 is 17.5 Å². The van der Waals surface area contributed by atoms with Crippen molar-refractivity contribution in [2.24, 2.45) is 0 Å². The Labute approximate surface area is 127 Å². The van der Waals surface area contributed by atoms with Crippen molar-refractivity contribution in [3.8, 4) is 5.75 Å². The Kier molecular flexibility index (Phi) is 4.39. The Morgan fingerprint density at radius 2 is 1.95 bits per heavy atom. The molecular formula is C14H13ClFNO3S. The molecule has 2 aromatic carbocycles.